The fraction of sp³-hybridized carbons (Fsp3) is 0.143. The number of rotatable bonds is 4. The van der Waals surface area contributed by atoms with Gasteiger partial charge in [-0.2, -0.15) is 0 Å². The average molecular weight is 296 g/mol. The van der Waals surface area contributed by atoms with Crippen molar-refractivity contribution in [3.63, 3.8) is 0 Å². The molecule has 0 heterocycles. The Morgan fingerprint density at radius 3 is 2.53 bits per heavy atom. The summed E-state index contributed by atoms with van der Waals surface area (Å²) in [5.41, 5.74) is 2.12. The topological polar surface area (TPSA) is 46.2 Å². The lowest BCUT2D eigenvalue weighted by Gasteiger charge is -2.11. The summed E-state index contributed by atoms with van der Waals surface area (Å²) < 4.78 is 27.2. The third-order valence-corrected chi connectivity index (χ3v) is 4.45. The number of sulfonamides is 1. The summed E-state index contributed by atoms with van der Waals surface area (Å²) >= 11 is 5.77. The molecule has 19 heavy (non-hydrogen) atoms. The van der Waals surface area contributed by atoms with Gasteiger partial charge >= 0.3 is 0 Å². The molecule has 2 rings (SSSR count). The van der Waals surface area contributed by atoms with E-state index in [4.69, 9.17) is 11.6 Å². The van der Waals surface area contributed by atoms with Gasteiger partial charge in [-0.15, -0.1) is 11.6 Å². The lowest BCUT2D eigenvalue weighted by molar-refractivity contribution is 0.600. The number of hydrogen-bond acceptors (Lipinski definition) is 2. The van der Waals surface area contributed by atoms with E-state index in [1.165, 1.54) is 0 Å². The summed E-state index contributed by atoms with van der Waals surface area (Å²) in [6, 6.07) is 13.9. The van der Waals surface area contributed by atoms with E-state index in [9.17, 15) is 8.42 Å². The Bertz CT molecular complexity index is 683. The second-order valence-corrected chi connectivity index (χ2v) is 6.13. The van der Waals surface area contributed by atoms with E-state index < -0.39 is 10.0 Å². The molecule has 0 bridgehead atoms. The first-order valence-electron chi connectivity index (χ1n) is 5.76. The maximum absolute atomic E-state index is 12.3. The van der Waals surface area contributed by atoms with Crippen molar-refractivity contribution < 1.29 is 8.42 Å². The molecule has 5 heteroatoms. The summed E-state index contributed by atoms with van der Waals surface area (Å²) in [6.07, 6.45) is 0. The fourth-order valence-electron chi connectivity index (χ4n) is 1.80. The van der Waals surface area contributed by atoms with Crippen LogP contribution in [0.15, 0.2) is 53.4 Å². The first-order chi connectivity index (χ1) is 9.03. The highest BCUT2D eigenvalue weighted by Gasteiger charge is 2.17. The van der Waals surface area contributed by atoms with Gasteiger partial charge in [-0.3, -0.25) is 4.72 Å². The maximum atomic E-state index is 12.3. The van der Waals surface area contributed by atoms with E-state index >= 15 is 0 Å². The normalized spacial score (nSPS) is 11.3. The molecular weight excluding hydrogens is 282 g/mol. The van der Waals surface area contributed by atoms with E-state index in [-0.39, 0.29) is 10.8 Å². The van der Waals surface area contributed by atoms with Gasteiger partial charge in [0.25, 0.3) is 10.0 Å². The zero-order valence-electron chi connectivity index (χ0n) is 10.4. The van der Waals surface area contributed by atoms with Gasteiger partial charge in [-0.1, -0.05) is 30.3 Å². The largest absolute Gasteiger partial charge is 0.280 e. The number of aryl methyl sites for hydroxylation is 1. The molecule has 0 saturated carbocycles. The molecule has 3 nitrogen and oxygen atoms in total. The molecule has 0 radical (unpaired) electrons. The summed E-state index contributed by atoms with van der Waals surface area (Å²) in [5.74, 6) is 0.158. The van der Waals surface area contributed by atoms with Gasteiger partial charge in [0.2, 0.25) is 0 Å². The Labute approximate surface area is 118 Å². The van der Waals surface area contributed by atoms with Crippen LogP contribution in [0.1, 0.15) is 11.1 Å². The molecule has 2 aromatic carbocycles. The monoisotopic (exact) mass is 295 g/mol. The SMILES string of the molecule is Cc1cccc(NS(=O)(=O)c2ccccc2CCl)c1. The highest BCUT2D eigenvalue weighted by molar-refractivity contribution is 7.92. The molecule has 0 unspecified atom stereocenters. The van der Waals surface area contributed by atoms with Crippen molar-refractivity contribution in [3.05, 3.63) is 59.7 Å². The van der Waals surface area contributed by atoms with Crippen LogP contribution in [0.2, 0.25) is 0 Å². The van der Waals surface area contributed by atoms with Crippen LogP contribution in [0.4, 0.5) is 5.69 Å². The van der Waals surface area contributed by atoms with Crippen LogP contribution in [0.5, 0.6) is 0 Å². The zero-order valence-corrected chi connectivity index (χ0v) is 12.0. The molecule has 0 atom stereocenters. The van der Waals surface area contributed by atoms with Gasteiger partial charge < -0.3 is 0 Å². The summed E-state index contributed by atoms with van der Waals surface area (Å²) in [7, 11) is -3.61. The standard InChI is InChI=1S/C14H14ClNO2S/c1-11-5-4-7-13(9-11)16-19(17,18)14-8-3-2-6-12(14)10-15/h2-9,16H,10H2,1H3. The van der Waals surface area contributed by atoms with Gasteiger partial charge in [-0.05, 0) is 36.2 Å². The third-order valence-electron chi connectivity index (χ3n) is 2.68. The quantitative estimate of drug-likeness (QED) is 0.877. The van der Waals surface area contributed by atoms with Crippen molar-refractivity contribution in [1.82, 2.24) is 0 Å². The van der Waals surface area contributed by atoms with Gasteiger partial charge in [0, 0.05) is 11.6 Å². The molecule has 0 aliphatic rings. The van der Waals surface area contributed by atoms with Crippen molar-refractivity contribution in [2.45, 2.75) is 17.7 Å². The molecule has 100 valence electrons. The second kappa shape index (κ2) is 5.63. The smallest absolute Gasteiger partial charge is 0.262 e. The predicted octanol–water partition coefficient (Wildman–Crippen LogP) is 3.53. The first-order valence-corrected chi connectivity index (χ1v) is 7.78. The Morgan fingerprint density at radius 1 is 1.11 bits per heavy atom. The van der Waals surface area contributed by atoms with Crippen LogP contribution in [0, 0.1) is 6.92 Å². The first kappa shape index (κ1) is 13.9. The fourth-order valence-corrected chi connectivity index (χ4v) is 3.40. The van der Waals surface area contributed by atoms with Crippen molar-refractivity contribution in [2.75, 3.05) is 4.72 Å². The number of benzene rings is 2. The van der Waals surface area contributed by atoms with Gasteiger partial charge in [0.15, 0.2) is 0 Å². The number of anilines is 1. The van der Waals surface area contributed by atoms with Gasteiger partial charge in [0.05, 0.1) is 4.90 Å². The summed E-state index contributed by atoms with van der Waals surface area (Å²) in [6.45, 7) is 1.91. The molecule has 0 aliphatic heterocycles. The molecule has 0 aromatic heterocycles. The van der Waals surface area contributed by atoms with Gasteiger partial charge in [-0.25, -0.2) is 8.42 Å². The van der Waals surface area contributed by atoms with Crippen LogP contribution >= 0.6 is 11.6 Å². The minimum atomic E-state index is -3.61. The van der Waals surface area contributed by atoms with Crippen LogP contribution in [-0.2, 0) is 15.9 Å². The predicted molar refractivity (Wildman–Crippen MR) is 78.0 cm³/mol. The Hall–Kier alpha value is -1.52. The molecule has 0 spiro atoms. The van der Waals surface area contributed by atoms with E-state index in [0.717, 1.165) is 5.56 Å². The molecule has 1 N–H and O–H groups in total. The number of nitrogens with one attached hydrogen (secondary N) is 1. The Kier molecular flexibility index (Phi) is 4.12. The molecule has 0 saturated heterocycles. The average Bonchev–Trinajstić information content (AvgIpc) is 2.38. The van der Waals surface area contributed by atoms with Crippen LogP contribution in [-0.4, -0.2) is 8.42 Å². The zero-order chi connectivity index (χ0) is 13.9. The lowest BCUT2D eigenvalue weighted by Crippen LogP contribution is -2.14. The number of halogens is 1. The van der Waals surface area contributed by atoms with Crippen LogP contribution in [0.3, 0.4) is 0 Å². The van der Waals surface area contributed by atoms with Crippen molar-refractivity contribution in [3.8, 4) is 0 Å². The Balaban J connectivity index is 2.38. The number of alkyl halides is 1. The minimum Gasteiger partial charge on any atom is -0.280 e. The van der Waals surface area contributed by atoms with Crippen molar-refractivity contribution in [2.24, 2.45) is 0 Å². The molecule has 2 aromatic rings. The van der Waals surface area contributed by atoms with Crippen molar-refractivity contribution in [1.29, 1.82) is 0 Å². The Morgan fingerprint density at radius 2 is 1.84 bits per heavy atom. The maximum Gasteiger partial charge on any atom is 0.262 e. The molecule has 0 aliphatic carbocycles. The third kappa shape index (κ3) is 3.28. The molecule has 0 amide bonds. The van der Waals surface area contributed by atoms with E-state index in [0.29, 0.717) is 11.3 Å². The van der Waals surface area contributed by atoms with Crippen LogP contribution < -0.4 is 4.72 Å². The summed E-state index contributed by atoms with van der Waals surface area (Å²) in [4.78, 5) is 0.214. The lowest BCUT2D eigenvalue weighted by atomic mass is 10.2. The van der Waals surface area contributed by atoms with E-state index in [1.54, 1.807) is 42.5 Å². The van der Waals surface area contributed by atoms with E-state index in [1.807, 2.05) is 13.0 Å². The molecule has 0 fully saturated rings. The van der Waals surface area contributed by atoms with Crippen molar-refractivity contribution >= 4 is 27.3 Å². The van der Waals surface area contributed by atoms with Crippen LogP contribution in [0.25, 0.3) is 0 Å². The minimum absolute atomic E-state index is 0.158. The summed E-state index contributed by atoms with van der Waals surface area (Å²) in [5, 5.41) is 0. The van der Waals surface area contributed by atoms with Gasteiger partial charge in [0.1, 0.15) is 0 Å². The van der Waals surface area contributed by atoms with E-state index in [2.05, 4.69) is 4.72 Å². The second-order valence-electron chi connectivity index (χ2n) is 4.22. The molecular formula is C14H14ClNO2S. The number of hydrogen-bond donors (Lipinski definition) is 1. The highest BCUT2D eigenvalue weighted by atomic mass is 35.5. The highest BCUT2D eigenvalue weighted by Crippen LogP contribution is 2.21.